The van der Waals surface area contributed by atoms with Gasteiger partial charge < -0.3 is 10.1 Å². The molecule has 7 heteroatoms. The summed E-state index contributed by atoms with van der Waals surface area (Å²) in [5, 5.41) is 2.97. The molecule has 1 unspecified atom stereocenters. The fourth-order valence-corrected chi connectivity index (χ4v) is 6.33. The fraction of sp³-hybridized carbons (Fsp3) is 0.194. The predicted octanol–water partition coefficient (Wildman–Crippen LogP) is 5.77. The molecule has 4 aromatic rings. The van der Waals surface area contributed by atoms with E-state index in [0.717, 1.165) is 24.8 Å². The van der Waals surface area contributed by atoms with Crippen LogP contribution in [0.4, 0.5) is 5.69 Å². The molecule has 1 N–H and O–H groups in total. The highest BCUT2D eigenvalue weighted by atomic mass is 32.2. The minimum absolute atomic E-state index is 0.133. The summed E-state index contributed by atoms with van der Waals surface area (Å²) in [4.78, 5) is 13.1. The Morgan fingerprint density at radius 1 is 0.842 bits per heavy atom. The smallest absolute Gasteiger partial charge is 0.265 e. The van der Waals surface area contributed by atoms with Crippen molar-refractivity contribution < 1.29 is 17.9 Å². The third kappa shape index (κ3) is 5.58. The second kappa shape index (κ2) is 11.5. The van der Waals surface area contributed by atoms with Crippen LogP contribution in [0, 0.1) is 0 Å². The lowest BCUT2D eigenvalue weighted by atomic mass is 10.0. The second-order valence-electron chi connectivity index (χ2n) is 9.23. The van der Waals surface area contributed by atoms with E-state index in [4.69, 9.17) is 4.74 Å². The van der Waals surface area contributed by atoms with Gasteiger partial charge in [-0.1, -0.05) is 78.9 Å². The van der Waals surface area contributed by atoms with Crippen LogP contribution in [0.2, 0.25) is 0 Å². The first-order valence-electron chi connectivity index (χ1n) is 12.8. The molecule has 1 aliphatic heterocycles. The molecule has 1 aliphatic rings. The van der Waals surface area contributed by atoms with E-state index in [9.17, 15) is 13.2 Å². The van der Waals surface area contributed by atoms with Gasteiger partial charge in [0, 0.05) is 12.1 Å². The van der Waals surface area contributed by atoms with E-state index < -0.39 is 16.1 Å². The number of rotatable bonds is 9. The molecular formula is C31H30N2O4S. The van der Waals surface area contributed by atoms with E-state index in [0.29, 0.717) is 23.5 Å². The molecule has 0 aromatic heterocycles. The van der Waals surface area contributed by atoms with Gasteiger partial charge in [-0.25, -0.2) is 8.42 Å². The number of carbonyl (C=O) groups excluding carboxylic acids is 1. The highest BCUT2D eigenvalue weighted by Gasteiger charge is 2.38. The molecule has 6 nitrogen and oxygen atoms in total. The number of fused-ring (bicyclic) bond motifs is 1. The van der Waals surface area contributed by atoms with Crippen LogP contribution in [-0.4, -0.2) is 27.5 Å². The number of nitrogens with one attached hydrogen (secondary N) is 1. The van der Waals surface area contributed by atoms with Crippen molar-refractivity contribution in [3.8, 4) is 5.75 Å². The van der Waals surface area contributed by atoms with Crippen LogP contribution in [0.15, 0.2) is 114 Å². The summed E-state index contributed by atoms with van der Waals surface area (Å²) in [6.07, 6.45) is 2.81. The summed E-state index contributed by atoms with van der Waals surface area (Å²) >= 11 is 0. The van der Waals surface area contributed by atoms with Gasteiger partial charge in [0.25, 0.3) is 15.9 Å². The third-order valence-corrected chi connectivity index (χ3v) is 8.48. The number of benzene rings is 4. The van der Waals surface area contributed by atoms with Crippen molar-refractivity contribution in [1.29, 1.82) is 0 Å². The molecule has 0 saturated carbocycles. The van der Waals surface area contributed by atoms with E-state index in [2.05, 4.69) is 17.4 Å². The Kier molecular flexibility index (Phi) is 7.75. The van der Waals surface area contributed by atoms with Gasteiger partial charge in [-0.3, -0.25) is 9.10 Å². The average molecular weight is 527 g/mol. The number of sulfonamides is 1. The van der Waals surface area contributed by atoms with Gasteiger partial charge in [0.2, 0.25) is 0 Å². The Hall–Kier alpha value is -4.10. The Labute approximate surface area is 223 Å². The molecular weight excluding hydrogens is 496 g/mol. The van der Waals surface area contributed by atoms with Crippen molar-refractivity contribution in [3.05, 3.63) is 126 Å². The number of amides is 1. The molecule has 0 spiro atoms. The molecule has 0 aliphatic carbocycles. The van der Waals surface area contributed by atoms with E-state index >= 15 is 0 Å². The fourth-order valence-electron chi connectivity index (χ4n) is 4.67. The minimum Gasteiger partial charge on any atom is -0.489 e. The second-order valence-corrected chi connectivity index (χ2v) is 11.0. The minimum atomic E-state index is -3.90. The zero-order chi connectivity index (χ0) is 26.4. The summed E-state index contributed by atoms with van der Waals surface area (Å²) in [5.41, 5.74) is 2.96. The zero-order valence-corrected chi connectivity index (χ0v) is 21.8. The highest BCUT2D eigenvalue weighted by molar-refractivity contribution is 7.92. The number of aryl methyl sites for hydroxylation is 1. The van der Waals surface area contributed by atoms with Crippen LogP contribution in [0.5, 0.6) is 5.75 Å². The molecule has 4 aromatic carbocycles. The SMILES string of the molecule is O=C(NCCCCc1ccccc1)c1ccc2c(c1)OCC(c1ccccc1)N2S(=O)(=O)c1ccccc1. The highest BCUT2D eigenvalue weighted by Crippen LogP contribution is 2.43. The maximum atomic E-state index is 13.8. The van der Waals surface area contributed by atoms with E-state index in [1.807, 2.05) is 48.5 Å². The normalized spacial score (nSPS) is 14.8. The Bertz CT molecular complexity index is 1480. The maximum Gasteiger partial charge on any atom is 0.265 e. The molecule has 0 radical (unpaired) electrons. The summed E-state index contributed by atoms with van der Waals surface area (Å²) in [6, 6.07) is 32.5. The number of hydrogen-bond acceptors (Lipinski definition) is 4. The number of ether oxygens (including phenoxy) is 1. The van der Waals surface area contributed by atoms with Crippen LogP contribution in [0.1, 0.15) is 40.4 Å². The number of hydrogen-bond donors (Lipinski definition) is 1. The first-order chi connectivity index (χ1) is 18.5. The molecule has 0 bridgehead atoms. The van der Waals surface area contributed by atoms with Crippen molar-refractivity contribution in [2.75, 3.05) is 17.5 Å². The molecule has 5 rings (SSSR count). The molecule has 1 atom stereocenters. The van der Waals surface area contributed by atoms with Crippen molar-refractivity contribution in [2.45, 2.75) is 30.2 Å². The number of nitrogens with zero attached hydrogens (tertiary/aromatic N) is 1. The number of carbonyl (C=O) groups is 1. The summed E-state index contributed by atoms with van der Waals surface area (Å²) in [7, 11) is -3.90. The van der Waals surface area contributed by atoms with Gasteiger partial charge in [-0.05, 0) is 60.7 Å². The Balaban J connectivity index is 1.34. The van der Waals surface area contributed by atoms with Crippen LogP contribution in [0.3, 0.4) is 0 Å². The largest absolute Gasteiger partial charge is 0.489 e. The zero-order valence-electron chi connectivity index (χ0n) is 21.0. The quantitative estimate of drug-likeness (QED) is 0.281. The van der Waals surface area contributed by atoms with Crippen molar-refractivity contribution in [1.82, 2.24) is 5.32 Å². The molecule has 0 fully saturated rings. The molecule has 194 valence electrons. The van der Waals surface area contributed by atoms with Crippen molar-refractivity contribution >= 4 is 21.6 Å². The molecule has 0 saturated heterocycles. The first-order valence-corrected chi connectivity index (χ1v) is 14.2. The van der Waals surface area contributed by atoms with Gasteiger partial charge in [-0.15, -0.1) is 0 Å². The molecule has 38 heavy (non-hydrogen) atoms. The Morgan fingerprint density at radius 2 is 1.50 bits per heavy atom. The molecule has 1 heterocycles. The van der Waals surface area contributed by atoms with E-state index in [-0.39, 0.29) is 17.4 Å². The van der Waals surface area contributed by atoms with E-state index in [1.165, 1.54) is 9.87 Å². The Morgan fingerprint density at radius 3 is 2.21 bits per heavy atom. The number of unbranched alkanes of at least 4 members (excludes halogenated alkanes) is 1. The third-order valence-electron chi connectivity index (χ3n) is 6.64. The number of anilines is 1. The standard InChI is InChI=1S/C31H30N2O4S/c34-31(32-21-11-10-14-24-12-4-1-5-13-24)26-19-20-28-30(22-26)37-23-29(25-15-6-2-7-16-25)33(28)38(35,36)27-17-8-3-9-18-27/h1-9,12-13,15-20,22,29H,10-11,14,21,23H2,(H,32,34). The lowest BCUT2D eigenvalue weighted by Gasteiger charge is -2.38. The van der Waals surface area contributed by atoms with Crippen LogP contribution in [-0.2, 0) is 16.4 Å². The average Bonchev–Trinajstić information content (AvgIpc) is 2.97. The van der Waals surface area contributed by atoms with Crippen LogP contribution in [0.25, 0.3) is 0 Å². The van der Waals surface area contributed by atoms with Crippen molar-refractivity contribution in [3.63, 3.8) is 0 Å². The summed E-state index contributed by atoms with van der Waals surface area (Å²) in [5.74, 6) is 0.159. The topological polar surface area (TPSA) is 75.7 Å². The van der Waals surface area contributed by atoms with Gasteiger partial charge in [0.15, 0.2) is 0 Å². The van der Waals surface area contributed by atoms with E-state index in [1.54, 1.807) is 48.5 Å². The van der Waals surface area contributed by atoms with Gasteiger partial charge >= 0.3 is 0 Å². The lowest BCUT2D eigenvalue weighted by molar-refractivity contribution is 0.0952. The first kappa shape index (κ1) is 25.5. The van der Waals surface area contributed by atoms with Crippen LogP contribution < -0.4 is 14.4 Å². The van der Waals surface area contributed by atoms with Gasteiger partial charge in [0.1, 0.15) is 18.4 Å². The van der Waals surface area contributed by atoms with Gasteiger partial charge in [-0.2, -0.15) is 0 Å². The predicted molar refractivity (Wildman–Crippen MR) is 149 cm³/mol. The van der Waals surface area contributed by atoms with Crippen molar-refractivity contribution in [2.24, 2.45) is 0 Å². The maximum absolute atomic E-state index is 13.8. The van der Waals surface area contributed by atoms with Crippen LogP contribution >= 0.6 is 0 Å². The summed E-state index contributed by atoms with van der Waals surface area (Å²) in [6.45, 7) is 0.696. The van der Waals surface area contributed by atoms with Gasteiger partial charge in [0.05, 0.1) is 10.6 Å². The summed E-state index contributed by atoms with van der Waals surface area (Å²) < 4.78 is 35.2. The molecule has 1 amide bonds. The lowest BCUT2D eigenvalue weighted by Crippen LogP contribution is -2.41. The monoisotopic (exact) mass is 526 g/mol.